The van der Waals surface area contributed by atoms with Crippen LogP contribution in [0.4, 0.5) is 0 Å². The Bertz CT molecular complexity index is 866. The number of fused-ring (bicyclic) bond motifs is 1. The van der Waals surface area contributed by atoms with E-state index in [9.17, 15) is 4.79 Å². The molecule has 0 aliphatic heterocycles. The van der Waals surface area contributed by atoms with Crippen molar-refractivity contribution in [3.63, 3.8) is 0 Å². The van der Waals surface area contributed by atoms with E-state index >= 15 is 0 Å². The number of nitrogens with zero attached hydrogens (tertiary/aromatic N) is 2. The summed E-state index contributed by atoms with van der Waals surface area (Å²) in [6, 6.07) is 15.9. The van der Waals surface area contributed by atoms with E-state index in [2.05, 4.69) is 29.1 Å². The molecule has 4 heteroatoms. The van der Waals surface area contributed by atoms with Crippen molar-refractivity contribution in [2.24, 2.45) is 7.05 Å². The van der Waals surface area contributed by atoms with Crippen LogP contribution >= 0.6 is 0 Å². The van der Waals surface area contributed by atoms with E-state index < -0.39 is 0 Å². The molecule has 3 rings (SSSR count). The first-order valence-corrected chi connectivity index (χ1v) is 8.91. The summed E-state index contributed by atoms with van der Waals surface area (Å²) in [5.74, 6) is 1.15. The quantitative estimate of drug-likeness (QED) is 0.663. The zero-order valence-electron chi connectivity index (χ0n) is 15.0. The van der Waals surface area contributed by atoms with Gasteiger partial charge in [-0.15, -0.1) is 0 Å². The molecule has 0 aliphatic carbocycles. The molecule has 0 unspecified atom stereocenters. The Morgan fingerprint density at radius 1 is 1.04 bits per heavy atom. The highest BCUT2D eigenvalue weighted by molar-refractivity contribution is 5.95. The number of unbranched alkanes of at least 4 members (excludes halogenated alkanes) is 2. The van der Waals surface area contributed by atoms with Gasteiger partial charge >= 0.3 is 0 Å². The van der Waals surface area contributed by atoms with Crippen molar-refractivity contribution in [3.05, 3.63) is 65.5 Å². The first kappa shape index (κ1) is 17.2. The van der Waals surface area contributed by atoms with Crippen LogP contribution in [-0.4, -0.2) is 22.0 Å². The van der Waals surface area contributed by atoms with Crippen molar-refractivity contribution in [1.82, 2.24) is 14.9 Å². The van der Waals surface area contributed by atoms with Crippen molar-refractivity contribution in [2.75, 3.05) is 6.54 Å². The normalized spacial score (nSPS) is 11.0. The number of hydrogen-bond acceptors (Lipinski definition) is 2. The molecule has 1 aromatic heterocycles. The number of hydrogen-bond donors (Lipinski definition) is 1. The first-order chi connectivity index (χ1) is 12.2. The highest BCUT2D eigenvalue weighted by Crippen LogP contribution is 2.16. The van der Waals surface area contributed by atoms with Crippen molar-refractivity contribution in [3.8, 4) is 0 Å². The fourth-order valence-corrected chi connectivity index (χ4v) is 3.13. The van der Waals surface area contributed by atoms with Crippen LogP contribution in [0.1, 0.15) is 41.0 Å². The van der Waals surface area contributed by atoms with Gasteiger partial charge in [0.15, 0.2) is 0 Å². The van der Waals surface area contributed by atoms with Crippen LogP contribution in [-0.2, 0) is 13.5 Å². The third-order valence-electron chi connectivity index (χ3n) is 4.63. The number of carbonyl (C=O) groups excluding carboxylic acids is 1. The Morgan fingerprint density at radius 2 is 1.80 bits per heavy atom. The molecule has 1 heterocycles. The molecule has 0 saturated carbocycles. The van der Waals surface area contributed by atoms with Crippen LogP contribution in [0.2, 0.25) is 0 Å². The van der Waals surface area contributed by atoms with Gasteiger partial charge in [-0.1, -0.05) is 36.8 Å². The second-order valence-corrected chi connectivity index (χ2v) is 6.46. The Labute approximate surface area is 148 Å². The van der Waals surface area contributed by atoms with Crippen LogP contribution in [0.25, 0.3) is 11.0 Å². The third-order valence-corrected chi connectivity index (χ3v) is 4.63. The molecule has 130 valence electrons. The molecule has 0 radical (unpaired) electrons. The molecule has 25 heavy (non-hydrogen) atoms. The predicted octanol–water partition coefficient (Wildman–Crippen LogP) is 4.02. The Balaban J connectivity index is 1.41. The number of carbonyl (C=O) groups is 1. The van der Waals surface area contributed by atoms with E-state index in [1.165, 1.54) is 5.52 Å². The van der Waals surface area contributed by atoms with Gasteiger partial charge in [0.25, 0.3) is 5.91 Å². The number of nitrogens with one attached hydrogen (secondary N) is 1. The van der Waals surface area contributed by atoms with Gasteiger partial charge < -0.3 is 9.88 Å². The summed E-state index contributed by atoms with van der Waals surface area (Å²) in [4.78, 5) is 16.8. The van der Waals surface area contributed by atoms with Crippen molar-refractivity contribution >= 4 is 16.9 Å². The van der Waals surface area contributed by atoms with Crippen molar-refractivity contribution < 1.29 is 4.79 Å². The fraction of sp³-hybridized carbons (Fsp3) is 0.333. The van der Waals surface area contributed by atoms with E-state index in [4.69, 9.17) is 4.98 Å². The third kappa shape index (κ3) is 4.08. The standard InChI is InChI=1S/C21H25N3O/c1-16-10-5-6-11-17(16)21(25)22-15-9-3-4-14-20-23-18-12-7-8-13-19(18)24(20)2/h5-8,10-13H,3-4,9,14-15H2,1-2H3,(H,22,25). The molecule has 0 spiro atoms. The van der Waals surface area contributed by atoms with Crippen LogP contribution in [0, 0.1) is 6.92 Å². The number of rotatable bonds is 7. The van der Waals surface area contributed by atoms with Crippen LogP contribution in [0.3, 0.4) is 0 Å². The van der Waals surface area contributed by atoms with Crippen molar-refractivity contribution in [2.45, 2.75) is 32.6 Å². The first-order valence-electron chi connectivity index (χ1n) is 8.91. The van der Waals surface area contributed by atoms with E-state index in [0.29, 0.717) is 0 Å². The van der Waals surface area contributed by atoms with Gasteiger partial charge in [0.05, 0.1) is 11.0 Å². The summed E-state index contributed by atoms with van der Waals surface area (Å²) in [6.45, 7) is 2.68. The largest absolute Gasteiger partial charge is 0.352 e. The lowest BCUT2D eigenvalue weighted by molar-refractivity contribution is 0.0952. The van der Waals surface area contributed by atoms with E-state index in [-0.39, 0.29) is 5.91 Å². The molecule has 0 aliphatic rings. The molecule has 2 aromatic carbocycles. The molecule has 1 amide bonds. The number of benzene rings is 2. The van der Waals surface area contributed by atoms with Gasteiger partial charge in [-0.3, -0.25) is 4.79 Å². The lowest BCUT2D eigenvalue weighted by Gasteiger charge is -2.07. The minimum absolute atomic E-state index is 0.0217. The molecule has 3 aromatic rings. The lowest BCUT2D eigenvalue weighted by atomic mass is 10.1. The van der Waals surface area contributed by atoms with Gasteiger partial charge in [-0.25, -0.2) is 4.98 Å². The molecule has 0 saturated heterocycles. The fourth-order valence-electron chi connectivity index (χ4n) is 3.13. The zero-order chi connectivity index (χ0) is 17.6. The molecule has 4 nitrogen and oxygen atoms in total. The maximum absolute atomic E-state index is 12.1. The predicted molar refractivity (Wildman–Crippen MR) is 102 cm³/mol. The molecule has 0 fully saturated rings. The highest BCUT2D eigenvalue weighted by Gasteiger charge is 2.08. The Kier molecular flexibility index (Phi) is 5.49. The molecular weight excluding hydrogens is 310 g/mol. The van der Waals surface area contributed by atoms with Crippen LogP contribution < -0.4 is 5.32 Å². The second kappa shape index (κ2) is 7.97. The van der Waals surface area contributed by atoms with Gasteiger partial charge in [0.1, 0.15) is 5.82 Å². The minimum Gasteiger partial charge on any atom is -0.352 e. The van der Waals surface area contributed by atoms with Gasteiger partial charge in [0.2, 0.25) is 0 Å². The summed E-state index contributed by atoms with van der Waals surface area (Å²) < 4.78 is 2.18. The topological polar surface area (TPSA) is 46.9 Å². The lowest BCUT2D eigenvalue weighted by Crippen LogP contribution is -2.25. The van der Waals surface area contributed by atoms with Gasteiger partial charge in [-0.05, 0) is 43.5 Å². The maximum Gasteiger partial charge on any atom is 0.251 e. The number of amides is 1. The van der Waals surface area contributed by atoms with E-state index in [1.807, 2.05) is 43.3 Å². The number of aryl methyl sites for hydroxylation is 3. The average molecular weight is 335 g/mol. The molecular formula is C21H25N3O. The zero-order valence-corrected chi connectivity index (χ0v) is 15.0. The molecule has 1 N–H and O–H groups in total. The van der Waals surface area contributed by atoms with Crippen LogP contribution in [0.5, 0.6) is 0 Å². The Hall–Kier alpha value is -2.62. The average Bonchev–Trinajstić information content (AvgIpc) is 2.94. The highest BCUT2D eigenvalue weighted by atomic mass is 16.1. The van der Waals surface area contributed by atoms with E-state index in [0.717, 1.165) is 54.7 Å². The number of para-hydroxylation sites is 2. The monoisotopic (exact) mass is 335 g/mol. The summed E-state index contributed by atoms with van der Waals surface area (Å²) in [7, 11) is 2.08. The SMILES string of the molecule is Cc1ccccc1C(=O)NCCCCCc1nc2ccccc2n1C. The molecule has 0 atom stereocenters. The number of aromatic nitrogens is 2. The summed E-state index contributed by atoms with van der Waals surface area (Å²) in [6.07, 6.45) is 4.12. The summed E-state index contributed by atoms with van der Waals surface area (Å²) in [5, 5.41) is 3.01. The Morgan fingerprint density at radius 3 is 2.60 bits per heavy atom. The van der Waals surface area contributed by atoms with Gasteiger partial charge in [-0.2, -0.15) is 0 Å². The summed E-state index contributed by atoms with van der Waals surface area (Å²) in [5.41, 5.74) is 4.03. The second-order valence-electron chi connectivity index (χ2n) is 6.46. The smallest absolute Gasteiger partial charge is 0.251 e. The van der Waals surface area contributed by atoms with E-state index in [1.54, 1.807) is 0 Å². The van der Waals surface area contributed by atoms with Crippen LogP contribution in [0.15, 0.2) is 48.5 Å². The van der Waals surface area contributed by atoms with Gasteiger partial charge in [0, 0.05) is 25.6 Å². The van der Waals surface area contributed by atoms with Crippen molar-refractivity contribution in [1.29, 1.82) is 0 Å². The molecule has 0 bridgehead atoms. The summed E-state index contributed by atoms with van der Waals surface area (Å²) >= 11 is 0. The minimum atomic E-state index is 0.0217. The number of imidazole rings is 1. The maximum atomic E-state index is 12.1.